The molecule has 2 rings (SSSR count). The van der Waals surface area contributed by atoms with Gasteiger partial charge in [-0.2, -0.15) is 0 Å². The summed E-state index contributed by atoms with van der Waals surface area (Å²) in [4.78, 5) is 13.8. The molecule has 0 aliphatic rings. The van der Waals surface area contributed by atoms with Crippen LogP contribution in [0.1, 0.15) is 16.1 Å². The second-order valence-electron chi connectivity index (χ2n) is 4.71. The van der Waals surface area contributed by atoms with Crippen molar-refractivity contribution >= 4 is 18.3 Å². The summed E-state index contributed by atoms with van der Waals surface area (Å²) in [6, 6.07) is 7.89. The smallest absolute Gasteiger partial charge is 0.275 e. The molecular formula is C14H20ClN5O. The van der Waals surface area contributed by atoms with E-state index >= 15 is 0 Å². The number of nitrogens with zero attached hydrogens (tertiary/aromatic N) is 4. The fraction of sp³-hybridized carbons (Fsp3) is 0.357. The Morgan fingerprint density at radius 1 is 1.33 bits per heavy atom. The number of rotatable bonds is 5. The lowest BCUT2D eigenvalue weighted by Crippen LogP contribution is -2.33. The molecule has 21 heavy (non-hydrogen) atoms. The first kappa shape index (κ1) is 17.1. The number of halogens is 1. The number of aromatic nitrogens is 3. The highest BCUT2D eigenvalue weighted by atomic mass is 35.5. The number of carbonyl (C=O) groups is 1. The van der Waals surface area contributed by atoms with Crippen molar-refractivity contribution in [2.24, 2.45) is 0 Å². The van der Waals surface area contributed by atoms with Crippen molar-refractivity contribution in [1.29, 1.82) is 0 Å². The van der Waals surface area contributed by atoms with Gasteiger partial charge in [-0.25, -0.2) is 4.68 Å². The van der Waals surface area contributed by atoms with Crippen LogP contribution in [-0.2, 0) is 0 Å². The molecule has 0 aliphatic carbocycles. The molecular weight excluding hydrogens is 290 g/mol. The minimum absolute atomic E-state index is 0. The first-order valence-electron chi connectivity index (χ1n) is 6.51. The molecule has 0 saturated heterocycles. The van der Waals surface area contributed by atoms with Crippen LogP contribution < -0.4 is 5.32 Å². The van der Waals surface area contributed by atoms with Crippen LogP contribution in [-0.4, -0.2) is 53.0 Å². The monoisotopic (exact) mass is 309 g/mol. The van der Waals surface area contributed by atoms with Gasteiger partial charge in [0.05, 0.1) is 11.9 Å². The summed E-state index contributed by atoms with van der Waals surface area (Å²) >= 11 is 0. The number of hydrogen-bond donors (Lipinski definition) is 1. The number of carbonyl (C=O) groups excluding carboxylic acids is 1. The van der Waals surface area contributed by atoms with Gasteiger partial charge in [-0.05, 0) is 26.1 Å². The minimum atomic E-state index is -0.126. The largest absolute Gasteiger partial charge is 0.339 e. The lowest BCUT2D eigenvalue weighted by molar-refractivity contribution is 0.0791. The van der Waals surface area contributed by atoms with Crippen LogP contribution in [0.25, 0.3) is 5.69 Å². The van der Waals surface area contributed by atoms with E-state index in [1.54, 1.807) is 22.8 Å². The fourth-order valence-corrected chi connectivity index (χ4v) is 1.76. The summed E-state index contributed by atoms with van der Waals surface area (Å²) in [6.07, 6.45) is 1.66. The molecule has 2 aromatic rings. The molecule has 114 valence electrons. The molecule has 0 unspecified atom stereocenters. The molecule has 0 bridgehead atoms. The Labute approximate surface area is 130 Å². The minimum Gasteiger partial charge on any atom is -0.339 e. The first-order valence-corrected chi connectivity index (χ1v) is 6.51. The number of aryl methyl sites for hydroxylation is 1. The van der Waals surface area contributed by atoms with Crippen molar-refractivity contribution in [3.8, 4) is 5.69 Å². The Hall–Kier alpha value is -1.92. The van der Waals surface area contributed by atoms with Gasteiger partial charge in [0.15, 0.2) is 5.69 Å². The van der Waals surface area contributed by atoms with Gasteiger partial charge >= 0.3 is 0 Å². The van der Waals surface area contributed by atoms with E-state index in [2.05, 4.69) is 15.6 Å². The van der Waals surface area contributed by atoms with Gasteiger partial charge in [0.25, 0.3) is 5.91 Å². The molecule has 1 N–H and O–H groups in total. The van der Waals surface area contributed by atoms with Crippen LogP contribution in [0.4, 0.5) is 0 Å². The Morgan fingerprint density at radius 3 is 2.62 bits per heavy atom. The van der Waals surface area contributed by atoms with E-state index in [1.807, 2.05) is 38.2 Å². The zero-order valence-electron chi connectivity index (χ0n) is 12.4. The third-order valence-corrected chi connectivity index (χ3v) is 3.05. The highest BCUT2D eigenvalue weighted by Gasteiger charge is 2.15. The number of hydrogen-bond acceptors (Lipinski definition) is 4. The van der Waals surface area contributed by atoms with Gasteiger partial charge in [-0.1, -0.05) is 22.9 Å². The highest BCUT2D eigenvalue weighted by Crippen LogP contribution is 2.09. The van der Waals surface area contributed by atoms with Crippen molar-refractivity contribution < 1.29 is 4.79 Å². The van der Waals surface area contributed by atoms with Crippen molar-refractivity contribution in [1.82, 2.24) is 25.2 Å². The van der Waals surface area contributed by atoms with Crippen molar-refractivity contribution in [3.05, 3.63) is 41.7 Å². The van der Waals surface area contributed by atoms with Crippen LogP contribution in [0.3, 0.4) is 0 Å². The SMILES string of the molecule is CNCCN(C)C(=O)c1cn(-c2ccc(C)cc2)nn1.Cl. The second kappa shape index (κ2) is 7.75. The van der Waals surface area contributed by atoms with Crippen LogP contribution in [0.5, 0.6) is 0 Å². The van der Waals surface area contributed by atoms with E-state index < -0.39 is 0 Å². The molecule has 0 aliphatic heterocycles. The van der Waals surface area contributed by atoms with Gasteiger partial charge in [0.2, 0.25) is 0 Å². The maximum absolute atomic E-state index is 12.1. The van der Waals surface area contributed by atoms with E-state index in [-0.39, 0.29) is 18.3 Å². The summed E-state index contributed by atoms with van der Waals surface area (Å²) in [7, 11) is 3.61. The van der Waals surface area contributed by atoms with E-state index in [0.29, 0.717) is 12.2 Å². The maximum atomic E-state index is 12.1. The Bertz CT molecular complexity index is 581. The Kier molecular flexibility index (Phi) is 6.33. The second-order valence-corrected chi connectivity index (χ2v) is 4.71. The van der Waals surface area contributed by atoms with Gasteiger partial charge in [-0.15, -0.1) is 17.5 Å². The molecule has 0 atom stereocenters. The van der Waals surface area contributed by atoms with Crippen LogP contribution in [0.2, 0.25) is 0 Å². The number of likely N-dealkylation sites (N-methyl/N-ethyl adjacent to an activating group) is 2. The summed E-state index contributed by atoms with van der Waals surface area (Å²) < 4.78 is 1.61. The summed E-state index contributed by atoms with van der Waals surface area (Å²) in [6.45, 7) is 3.40. The van der Waals surface area contributed by atoms with E-state index in [1.165, 1.54) is 5.56 Å². The number of nitrogens with one attached hydrogen (secondary N) is 1. The average molecular weight is 310 g/mol. The van der Waals surface area contributed by atoms with E-state index in [0.717, 1.165) is 12.2 Å². The molecule has 0 spiro atoms. The molecule has 1 amide bonds. The molecule has 1 aromatic heterocycles. The number of amides is 1. The average Bonchev–Trinajstić information content (AvgIpc) is 2.94. The quantitative estimate of drug-likeness (QED) is 0.904. The zero-order valence-corrected chi connectivity index (χ0v) is 13.2. The van der Waals surface area contributed by atoms with Gasteiger partial charge in [0, 0.05) is 20.1 Å². The topological polar surface area (TPSA) is 63.1 Å². The first-order chi connectivity index (χ1) is 9.61. The van der Waals surface area contributed by atoms with Crippen LogP contribution >= 0.6 is 12.4 Å². The standard InChI is InChI=1S/C14H19N5O.ClH/c1-11-4-6-12(7-5-11)19-10-13(16-17-19)14(20)18(3)9-8-15-2;/h4-7,10,15H,8-9H2,1-3H3;1H. The third-order valence-electron chi connectivity index (χ3n) is 3.05. The zero-order chi connectivity index (χ0) is 14.5. The normalized spacial score (nSPS) is 10.0. The van der Waals surface area contributed by atoms with Crippen LogP contribution in [0.15, 0.2) is 30.5 Å². The van der Waals surface area contributed by atoms with E-state index in [4.69, 9.17) is 0 Å². The fourth-order valence-electron chi connectivity index (χ4n) is 1.76. The van der Waals surface area contributed by atoms with Crippen molar-refractivity contribution in [2.75, 3.05) is 27.2 Å². The third kappa shape index (κ3) is 4.27. The number of benzene rings is 1. The highest BCUT2D eigenvalue weighted by molar-refractivity contribution is 5.91. The molecule has 0 saturated carbocycles. The summed E-state index contributed by atoms with van der Waals surface area (Å²) in [5.74, 6) is -0.126. The molecule has 0 fully saturated rings. The molecule has 1 heterocycles. The van der Waals surface area contributed by atoms with Crippen LogP contribution in [0, 0.1) is 6.92 Å². The molecule has 0 radical (unpaired) electrons. The van der Waals surface area contributed by atoms with Gasteiger partial charge in [0.1, 0.15) is 0 Å². The van der Waals surface area contributed by atoms with Crippen molar-refractivity contribution in [3.63, 3.8) is 0 Å². The summed E-state index contributed by atoms with van der Waals surface area (Å²) in [5, 5.41) is 11.0. The lowest BCUT2D eigenvalue weighted by atomic mass is 10.2. The molecule has 6 nitrogen and oxygen atoms in total. The Balaban J connectivity index is 0.00000220. The van der Waals surface area contributed by atoms with Gasteiger partial charge in [-0.3, -0.25) is 4.79 Å². The van der Waals surface area contributed by atoms with Crippen molar-refractivity contribution in [2.45, 2.75) is 6.92 Å². The van der Waals surface area contributed by atoms with Gasteiger partial charge < -0.3 is 10.2 Å². The maximum Gasteiger partial charge on any atom is 0.275 e. The summed E-state index contributed by atoms with van der Waals surface area (Å²) in [5.41, 5.74) is 2.42. The lowest BCUT2D eigenvalue weighted by Gasteiger charge is -2.14. The molecule has 1 aromatic carbocycles. The molecule has 7 heteroatoms. The predicted octanol–water partition coefficient (Wildman–Crippen LogP) is 1.29. The van der Waals surface area contributed by atoms with E-state index in [9.17, 15) is 4.79 Å². The predicted molar refractivity (Wildman–Crippen MR) is 84.2 cm³/mol. The Morgan fingerprint density at radius 2 is 2.00 bits per heavy atom.